The van der Waals surface area contributed by atoms with E-state index < -0.39 is 0 Å². The molecule has 0 amide bonds. The monoisotopic (exact) mass is 262 g/mol. The van der Waals surface area contributed by atoms with Crippen molar-refractivity contribution in [3.8, 4) is 0 Å². The highest BCUT2D eigenvalue weighted by Crippen LogP contribution is 2.19. The molecule has 0 spiro atoms. The predicted octanol–water partition coefficient (Wildman–Crippen LogP) is 1.18. The summed E-state index contributed by atoms with van der Waals surface area (Å²) in [5, 5.41) is 0. The summed E-state index contributed by atoms with van der Waals surface area (Å²) >= 11 is 0. The third kappa shape index (κ3) is 3.55. The van der Waals surface area contributed by atoms with Crippen LogP contribution in [0.3, 0.4) is 0 Å². The summed E-state index contributed by atoms with van der Waals surface area (Å²) in [5.74, 6) is 0.340. The molecular formula is C15H22N2O2. The lowest BCUT2D eigenvalue weighted by Gasteiger charge is -2.17. The van der Waals surface area contributed by atoms with Gasteiger partial charge < -0.3 is 10.5 Å². The summed E-state index contributed by atoms with van der Waals surface area (Å²) in [5.41, 5.74) is 8.28. The Balaban J connectivity index is 2.06. The summed E-state index contributed by atoms with van der Waals surface area (Å²) in [7, 11) is 1.42. The fourth-order valence-corrected chi connectivity index (χ4v) is 2.58. The van der Waals surface area contributed by atoms with Crippen LogP contribution in [0.5, 0.6) is 0 Å². The average Bonchev–Trinajstić information content (AvgIpc) is 2.70. The second-order valence-electron chi connectivity index (χ2n) is 5.36. The Morgan fingerprint density at radius 1 is 1.37 bits per heavy atom. The lowest BCUT2D eigenvalue weighted by atomic mass is 10.0. The molecule has 2 rings (SSSR count). The van der Waals surface area contributed by atoms with Crippen molar-refractivity contribution in [1.29, 1.82) is 0 Å². The first kappa shape index (κ1) is 14.0. The topological polar surface area (TPSA) is 55.6 Å². The van der Waals surface area contributed by atoms with Crippen molar-refractivity contribution in [3.63, 3.8) is 0 Å². The SMILES string of the molecule is COC(=O)Cc1ccccc1CN1CC(C)C(N)C1. The Hall–Kier alpha value is -1.39. The standard InChI is InChI=1S/C15H22N2O2/c1-11-8-17(10-14(11)16)9-13-6-4-3-5-12(13)7-15(18)19-2/h3-6,11,14H,7-10,16H2,1-2H3. The number of likely N-dealkylation sites (tertiary alicyclic amines) is 1. The molecule has 0 saturated carbocycles. The summed E-state index contributed by atoms with van der Waals surface area (Å²) in [6, 6.07) is 8.29. The smallest absolute Gasteiger partial charge is 0.309 e. The highest BCUT2D eigenvalue weighted by Gasteiger charge is 2.26. The van der Waals surface area contributed by atoms with E-state index in [0.29, 0.717) is 12.3 Å². The van der Waals surface area contributed by atoms with Crippen molar-refractivity contribution in [2.75, 3.05) is 20.2 Å². The van der Waals surface area contributed by atoms with Crippen molar-refractivity contribution in [2.24, 2.45) is 11.7 Å². The summed E-state index contributed by atoms with van der Waals surface area (Å²) in [6.45, 7) is 4.98. The van der Waals surface area contributed by atoms with Crippen LogP contribution in [0.1, 0.15) is 18.1 Å². The van der Waals surface area contributed by atoms with Crippen molar-refractivity contribution in [2.45, 2.75) is 25.9 Å². The third-order valence-electron chi connectivity index (χ3n) is 3.82. The van der Waals surface area contributed by atoms with Crippen LogP contribution in [0.4, 0.5) is 0 Å². The fourth-order valence-electron chi connectivity index (χ4n) is 2.58. The van der Waals surface area contributed by atoms with E-state index >= 15 is 0 Å². The molecule has 1 heterocycles. The quantitative estimate of drug-likeness (QED) is 0.828. The van der Waals surface area contributed by atoms with Gasteiger partial charge in [-0.05, 0) is 17.0 Å². The minimum atomic E-state index is -0.195. The van der Waals surface area contributed by atoms with Gasteiger partial charge in [-0.3, -0.25) is 9.69 Å². The summed E-state index contributed by atoms with van der Waals surface area (Å²) < 4.78 is 4.74. The van der Waals surface area contributed by atoms with Crippen LogP contribution in [0, 0.1) is 5.92 Å². The number of ether oxygens (including phenoxy) is 1. The van der Waals surface area contributed by atoms with Crippen LogP contribution in [-0.4, -0.2) is 37.1 Å². The molecule has 1 aliphatic rings. The molecule has 1 fully saturated rings. The molecular weight excluding hydrogens is 240 g/mol. The Bertz CT molecular complexity index is 438. The van der Waals surface area contributed by atoms with E-state index in [1.807, 2.05) is 18.2 Å². The van der Waals surface area contributed by atoms with Gasteiger partial charge in [-0.25, -0.2) is 0 Å². The molecule has 0 bridgehead atoms. The van der Waals surface area contributed by atoms with Gasteiger partial charge in [-0.15, -0.1) is 0 Å². The van der Waals surface area contributed by atoms with Crippen LogP contribution < -0.4 is 5.73 Å². The van der Waals surface area contributed by atoms with E-state index in [4.69, 9.17) is 10.5 Å². The molecule has 1 aromatic rings. The maximum atomic E-state index is 11.4. The lowest BCUT2D eigenvalue weighted by molar-refractivity contribution is -0.139. The van der Waals surface area contributed by atoms with E-state index in [-0.39, 0.29) is 12.0 Å². The van der Waals surface area contributed by atoms with Crippen LogP contribution in [0.2, 0.25) is 0 Å². The Morgan fingerprint density at radius 3 is 2.63 bits per heavy atom. The van der Waals surface area contributed by atoms with Gasteiger partial charge in [0.25, 0.3) is 0 Å². The second kappa shape index (κ2) is 6.17. The van der Waals surface area contributed by atoms with Crippen LogP contribution in [0.25, 0.3) is 0 Å². The van der Waals surface area contributed by atoms with Gasteiger partial charge in [-0.1, -0.05) is 31.2 Å². The molecule has 0 aliphatic carbocycles. The molecule has 2 unspecified atom stereocenters. The molecule has 4 nitrogen and oxygen atoms in total. The molecule has 0 radical (unpaired) electrons. The van der Waals surface area contributed by atoms with E-state index in [9.17, 15) is 4.79 Å². The van der Waals surface area contributed by atoms with E-state index in [1.54, 1.807) is 0 Å². The molecule has 2 N–H and O–H groups in total. The average molecular weight is 262 g/mol. The second-order valence-corrected chi connectivity index (χ2v) is 5.36. The highest BCUT2D eigenvalue weighted by atomic mass is 16.5. The number of hydrogen-bond donors (Lipinski definition) is 1. The zero-order valence-electron chi connectivity index (χ0n) is 11.6. The van der Waals surface area contributed by atoms with E-state index in [2.05, 4.69) is 17.9 Å². The van der Waals surface area contributed by atoms with Gasteiger partial charge in [0.05, 0.1) is 13.5 Å². The summed E-state index contributed by atoms with van der Waals surface area (Å²) in [4.78, 5) is 13.8. The number of hydrogen-bond acceptors (Lipinski definition) is 4. The first-order chi connectivity index (χ1) is 9.10. The van der Waals surface area contributed by atoms with Gasteiger partial charge in [0.1, 0.15) is 0 Å². The maximum Gasteiger partial charge on any atom is 0.309 e. The van der Waals surface area contributed by atoms with Crippen molar-refractivity contribution >= 4 is 5.97 Å². The molecule has 104 valence electrons. The maximum absolute atomic E-state index is 11.4. The summed E-state index contributed by atoms with van der Waals surface area (Å²) in [6.07, 6.45) is 0.335. The van der Waals surface area contributed by atoms with Crippen LogP contribution in [0.15, 0.2) is 24.3 Å². The fraction of sp³-hybridized carbons (Fsp3) is 0.533. The Labute approximate surface area is 114 Å². The van der Waals surface area contributed by atoms with Crippen LogP contribution in [-0.2, 0) is 22.5 Å². The first-order valence-corrected chi connectivity index (χ1v) is 6.71. The molecule has 1 aliphatic heterocycles. The molecule has 1 saturated heterocycles. The number of nitrogens with zero attached hydrogens (tertiary/aromatic N) is 1. The molecule has 1 aromatic carbocycles. The number of methoxy groups -OCH3 is 1. The number of esters is 1. The minimum absolute atomic E-state index is 0.195. The van der Waals surface area contributed by atoms with Crippen molar-refractivity contribution < 1.29 is 9.53 Å². The highest BCUT2D eigenvalue weighted by molar-refractivity contribution is 5.72. The van der Waals surface area contributed by atoms with E-state index in [0.717, 1.165) is 25.2 Å². The number of carbonyl (C=O) groups excluding carboxylic acids is 1. The number of rotatable bonds is 4. The number of benzene rings is 1. The zero-order chi connectivity index (χ0) is 13.8. The molecule has 0 aromatic heterocycles. The van der Waals surface area contributed by atoms with Crippen LogP contribution >= 0.6 is 0 Å². The Kier molecular flexibility index (Phi) is 4.56. The van der Waals surface area contributed by atoms with Crippen molar-refractivity contribution in [3.05, 3.63) is 35.4 Å². The number of nitrogens with two attached hydrogens (primary N) is 1. The predicted molar refractivity (Wildman–Crippen MR) is 74.6 cm³/mol. The zero-order valence-corrected chi connectivity index (χ0v) is 11.6. The van der Waals surface area contributed by atoms with Gasteiger partial charge in [0, 0.05) is 25.7 Å². The van der Waals surface area contributed by atoms with Gasteiger partial charge in [0.15, 0.2) is 0 Å². The van der Waals surface area contributed by atoms with E-state index in [1.165, 1.54) is 12.7 Å². The first-order valence-electron chi connectivity index (χ1n) is 6.71. The Morgan fingerprint density at radius 2 is 2.05 bits per heavy atom. The normalized spacial score (nSPS) is 23.5. The minimum Gasteiger partial charge on any atom is -0.469 e. The van der Waals surface area contributed by atoms with Gasteiger partial charge in [-0.2, -0.15) is 0 Å². The van der Waals surface area contributed by atoms with Gasteiger partial charge in [0.2, 0.25) is 0 Å². The van der Waals surface area contributed by atoms with Crippen molar-refractivity contribution in [1.82, 2.24) is 4.90 Å². The molecule has 19 heavy (non-hydrogen) atoms. The third-order valence-corrected chi connectivity index (χ3v) is 3.82. The van der Waals surface area contributed by atoms with Gasteiger partial charge >= 0.3 is 5.97 Å². The largest absolute Gasteiger partial charge is 0.469 e. The lowest BCUT2D eigenvalue weighted by Crippen LogP contribution is -2.28. The number of carbonyl (C=O) groups is 1. The molecule has 4 heteroatoms. The molecule has 2 atom stereocenters.